The second kappa shape index (κ2) is 5.36. The maximum absolute atomic E-state index is 6.10. The highest BCUT2D eigenvalue weighted by Crippen LogP contribution is 2.49. The predicted octanol–water partition coefficient (Wildman–Crippen LogP) is 7.56. The van der Waals surface area contributed by atoms with E-state index in [1.54, 1.807) is 0 Å². The van der Waals surface area contributed by atoms with E-state index in [-0.39, 0.29) is 5.41 Å². The lowest BCUT2D eigenvalue weighted by Crippen LogP contribution is -2.14. The van der Waals surface area contributed by atoms with Crippen molar-refractivity contribution in [3.8, 4) is 22.3 Å². The highest BCUT2D eigenvalue weighted by Gasteiger charge is 2.35. The van der Waals surface area contributed by atoms with Crippen LogP contribution in [0, 0.1) is 0 Å². The first-order valence-corrected chi connectivity index (χ1v) is 9.79. The minimum atomic E-state index is 0.0192. The van der Waals surface area contributed by atoms with Gasteiger partial charge in [-0.15, -0.1) is 0 Å². The highest BCUT2D eigenvalue weighted by atomic mass is 16.3. The molecule has 5 aromatic rings. The van der Waals surface area contributed by atoms with Crippen LogP contribution in [0.1, 0.15) is 25.0 Å². The van der Waals surface area contributed by atoms with Crippen molar-refractivity contribution in [3.05, 3.63) is 96.1 Å². The molecule has 0 atom stereocenters. The third-order valence-corrected chi connectivity index (χ3v) is 6.30. The van der Waals surface area contributed by atoms with Crippen LogP contribution in [0.25, 0.3) is 44.2 Å². The predicted molar refractivity (Wildman–Crippen MR) is 117 cm³/mol. The summed E-state index contributed by atoms with van der Waals surface area (Å²) < 4.78 is 6.10. The Balaban J connectivity index is 1.53. The van der Waals surface area contributed by atoms with E-state index in [4.69, 9.17) is 4.42 Å². The monoisotopic (exact) mass is 360 g/mol. The van der Waals surface area contributed by atoms with E-state index >= 15 is 0 Å². The van der Waals surface area contributed by atoms with Crippen molar-refractivity contribution in [1.29, 1.82) is 0 Å². The van der Waals surface area contributed by atoms with Gasteiger partial charge in [0.25, 0.3) is 0 Å². The summed E-state index contributed by atoms with van der Waals surface area (Å²) in [4.78, 5) is 0. The lowest BCUT2D eigenvalue weighted by molar-refractivity contribution is 0.660. The highest BCUT2D eigenvalue weighted by molar-refractivity contribution is 6.05. The Bertz CT molecular complexity index is 1380. The Morgan fingerprint density at radius 1 is 0.571 bits per heavy atom. The average Bonchev–Trinajstić information content (AvgIpc) is 3.21. The van der Waals surface area contributed by atoms with Gasteiger partial charge >= 0.3 is 0 Å². The molecule has 0 fully saturated rings. The normalized spacial score (nSPS) is 14.4. The van der Waals surface area contributed by atoms with E-state index in [1.165, 1.54) is 44.2 Å². The van der Waals surface area contributed by atoms with E-state index < -0.39 is 0 Å². The smallest absolute Gasteiger partial charge is 0.136 e. The van der Waals surface area contributed by atoms with Crippen LogP contribution in [0.5, 0.6) is 0 Å². The molecule has 1 nitrogen and oxygen atoms in total. The third kappa shape index (κ3) is 2.02. The molecule has 0 radical (unpaired) electrons. The zero-order valence-electron chi connectivity index (χ0n) is 16.0. The fraction of sp³-hybridized carbons (Fsp3) is 0.111. The van der Waals surface area contributed by atoms with Crippen LogP contribution in [-0.4, -0.2) is 0 Å². The van der Waals surface area contributed by atoms with Crippen molar-refractivity contribution in [1.82, 2.24) is 0 Å². The summed E-state index contributed by atoms with van der Waals surface area (Å²) in [5.74, 6) is 0. The maximum Gasteiger partial charge on any atom is 0.136 e. The van der Waals surface area contributed by atoms with Gasteiger partial charge in [-0.2, -0.15) is 0 Å². The minimum Gasteiger partial charge on any atom is -0.456 e. The number of para-hydroxylation sites is 1. The standard InChI is InChI=1S/C27H20O/c1-27(2)23-9-5-3-7-19(23)20-13-11-17(15-24(20)27)18-12-14-22-21-8-4-6-10-25(21)28-26(22)16-18/h3-16H,1-2H3. The van der Waals surface area contributed by atoms with Crippen LogP contribution >= 0.6 is 0 Å². The van der Waals surface area contributed by atoms with Gasteiger partial charge in [0.2, 0.25) is 0 Å². The van der Waals surface area contributed by atoms with Crippen molar-refractivity contribution < 1.29 is 4.42 Å². The topological polar surface area (TPSA) is 13.1 Å². The summed E-state index contributed by atoms with van der Waals surface area (Å²) in [6.07, 6.45) is 0. The van der Waals surface area contributed by atoms with E-state index in [2.05, 4.69) is 86.6 Å². The SMILES string of the molecule is CC1(C)c2ccccc2-c2ccc(-c3ccc4c(c3)oc3ccccc34)cc21. The number of hydrogen-bond donors (Lipinski definition) is 0. The third-order valence-electron chi connectivity index (χ3n) is 6.30. The van der Waals surface area contributed by atoms with Crippen LogP contribution in [0.2, 0.25) is 0 Å². The largest absolute Gasteiger partial charge is 0.456 e. The lowest BCUT2D eigenvalue weighted by atomic mass is 9.81. The lowest BCUT2D eigenvalue weighted by Gasteiger charge is -2.22. The van der Waals surface area contributed by atoms with E-state index in [0.29, 0.717) is 0 Å². The van der Waals surface area contributed by atoms with E-state index in [1.807, 2.05) is 12.1 Å². The molecule has 1 heteroatoms. The van der Waals surface area contributed by atoms with Gasteiger partial charge in [0.05, 0.1) is 0 Å². The first kappa shape index (κ1) is 15.7. The van der Waals surface area contributed by atoms with E-state index in [9.17, 15) is 0 Å². The van der Waals surface area contributed by atoms with Crippen LogP contribution in [0.3, 0.4) is 0 Å². The Kier molecular flexibility index (Phi) is 3.01. The molecule has 0 N–H and O–H groups in total. The van der Waals surface area contributed by atoms with Gasteiger partial charge in [0.15, 0.2) is 0 Å². The van der Waals surface area contributed by atoms with Crippen molar-refractivity contribution in [3.63, 3.8) is 0 Å². The van der Waals surface area contributed by atoms with Crippen molar-refractivity contribution in [2.45, 2.75) is 19.3 Å². The first-order valence-electron chi connectivity index (χ1n) is 9.79. The molecule has 1 aromatic heterocycles. The van der Waals surface area contributed by atoms with Crippen LogP contribution in [0.15, 0.2) is 89.3 Å². The Labute approximate surface area is 164 Å². The average molecular weight is 360 g/mol. The number of benzene rings is 4. The Hall–Kier alpha value is -3.32. The molecule has 0 amide bonds. The second-order valence-electron chi connectivity index (χ2n) is 8.24. The van der Waals surface area contributed by atoms with Crippen LogP contribution in [-0.2, 0) is 5.41 Å². The fourth-order valence-corrected chi connectivity index (χ4v) is 4.79. The van der Waals surface area contributed by atoms with Gasteiger partial charge < -0.3 is 4.42 Å². The molecule has 1 aliphatic rings. The molecule has 0 aliphatic heterocycles. The Morgan fingerprint density at radius 3 is 2.18 bits per heavy atom. The molecule has 0 spiro atoms. The molecule has 134 valence electrons. The van der Waals surface area contributed by atoms with E-state index in [0.717, 1.165) is 11.2 Å². The summed E-state index contributed by atoms with van der Waals surface area (Å²) in [6.45, 7) is 4.65. The molecule has 0 bridgehead atoms. The summed E-state index contributed by atoms with van der Waals surface area (Å²) in [7, 11) is 0. The molecule has 1 heterocycles. The summed E-state index contributed by atoms with van der Waals surface area (Å²) in [5.41, 5.74) is 9.87. The van der Waals surface area contributed by atoms with Crippen molar-refractivity contribution >= 4 is 21.9 Å². The maximum atomic E-state index is 6.10. The van der Waals surface area contributed by atoms with Gasteiger partial charge in [-0.25, -0.2) is 0 Å². The molecule has 0 unspecified atom stereocenters. The summed E-state index contributed by atoms with van der Waals surface area (Å²) in [5, 5.41) is 2.35. The molecule has 0 saturated carbocycles. The van der Waals surface area contributed by atoms with Gasteiger partial charge in [-0.3, -0.25) is 0 Å². The van der Waals surface area contributed by atoms with Gasteiger partial charge in [0.1, 0.15) is 11.2 Å². The zero-order chi connectivity index (χ0) is 18.9. The minimum absolute atomic E-state index is 0.0192. The number of rotatable bonds is 1. The molecule has 4 aromatic carbocycles. The van der Waals surface area contributed by atoms with Crippen molar-refractivity contribution in [2.75, 3.05) is 0 Å². The molecule has 6 rings (SSSR count). The quantitative estimate of drug-likeness (QED) is 0.300. The molecule has 1 aliphatic carbocycles. The molecule has 0 saturated heterocycles. The number of furan rings is 1. The summed E-state index contributed by atoms with van der Waals surface area (Å²) >= 11 is 0. The van der Waals surface area contributed by atoms with Gasteiger partial charge in [-0.05, 0) is 57.6 Å². The second-order valence-corrected chi connectivity index (χ2v) is 8.24. The molecular weight excluding hydrogens is 340 g/mol. The summed E-state index contributed by atoms with van der Waals surface area (Å²) in [6, 6.07) is 30.4. The molecule has 28 heavy (non-hydrogen) atoms. The van der Waals surface area contributed by atoms with Crippen LogP contribution < -0.4 is 0 Å². The van der Waals surface area contributed by atoms with Crippen molar-refractivity contribution in [2.24, 2.45) is 0 Å². The van der Waals surface area contributed by atoms with Crippen LogP contribution in [0.4, 0.5) is 0 Å². The number of fused-ring (bicyclic) bond motifs is 6. The zero-order valence-corrected chi connectivity index (χ0v) is 16.0. The Morgan fingerprint density at radius 2 is 1.25 bits per heavy atom. The number of hydrogen-bond acceptors (Lipinski definition) is 1. The van der Waals surface area contributed by atoms with Gasteiger partial charge in [0, 0.05) is 16.2 Å². The first-order chi connectivity index (χ1) is 13.6. The fourth-order valence-electron chi connectivity index (χ4n) is 4.79. The molecular formula is C27H20O. The van der Waals surface area contributed by atoms with Gasteiger partial charge in [-0.1, -0.05) is 74.5 Å².